The van der Waals surface area contributed by atoms with Gasteiger partial charge >= 0.3 is 0 Å². The maximum Gasteiger partial charge on any atom is 0.165 e. The zero-order valence-corrected chi connectivity index (χ0v) is 10.5. The Labute approximate surface area is 101 Å². The predicted molar refractivity (Wildman–Crippen MR) is 67.3 cm³/mol. The lowest BCUT2D eigenvalue weighted by Gasteiger charge is -2.25. The number of ether oxygens (including phenoxy) is 1. The van der Waals surface area contributed by atoms with Gasteiger partial charge in [-0.2, -0.15) is 0 Å². The van der Waals surface area contributed by atoms with Gasteiger partial charge in [0.05, 0.1) is 0 Å². The number of rotatable bonds is 4. The minimum atomic E-state index is -0.438. The molecular weight excluding hydrogens is 225 g/mol. The van der Waals surface area contributed by atoms with Crippen molar-refractivity contribution in [2.75, 3.05) is 0 Å². The van der Waals surface area contributed by atoms with Crippen LogP contribution in [0.15, 0.2) is 18.2 Å². The summed E-state index contributed by atoms with van der Waals surface area (Å²) in [6, 6.07) is 4.51. The van der Waals surface area contributed by atoms with Gasteiger partial charge in [0.1, 0.15) is 10.6 Å². The van der Waals surface area contributed by atoms with E-state index in [0.717, 1.165) is 6.42 Å². The van der Waals surface area contributed by atoms with Crippen LogP contribution >= 0.6 is 12.2 Å². The van der Waals surface area contributed by atoms with Gasteiger partial charge in [-0.1, -0.05) is 19.1 Å². The summed E-state index contributed by atoms with van der Waals surface area (Å²) >= 11 is 4.77. The largest absolute Gasteiger partial charge is 0.485 e. The molecule has 0 aliphatic rings. The van der Waals surface area contributed by atoms with Crippen LogP contribution in [0.4, 0.5) is 4.39 Å². The van der Waals surface area contributed by atoms with E-state index in [1.54, 1.807) is 12.1 Å². The van der Waals surface area contributed by atoms with Crippen molar-refractivity contribution in [3.63, 3.8) is 0 Å². The molecule has 0 aromatic heterocycles. The minimum Gasteiger partial charge on any atom is -0.485 e. The molecule has 0 fully saturated rings. The van der Waals surface area contributed by atoms with Gasteiger partial charge in [0.25, 0.3) is 0 Å². The molecule has 0 unspecified atom stereocenters. The molecular formula is C12H16FNOS. The fraction of sp³-hybridized carbons (Fsp3) is 0.417. The smallest absolute Gasteiger partial charge is 0.165 e. The Balaban J connectivity index is 2.96. The first-order valence-corrected chi connectivity index (χ1v) is 5.55. The summed E-state index contributed by atoms with van der Waals surface area (Å²) in [6.45, 7) is 5.81. The van der Waals surface area contributed by atoms with Gasteiger partial charge in [0.15, 0.2) is 11.6 Å². The van der Waals surface area contributed by atoms with Crippen LogP contribution < -0.4 is 10.5 Å². The molecule has 0 heterocycles. The zero-order chi connectivity index (χ0) is 12.3. The third-order valence-electron chi connectivity index (χ3n) is 2.45. The van der Waals surface area contributed by atoms with E-state index in [1.165, 1.54) is 6.07 Å². The molecule has 2 N–H and O–H groups in total. The van der Waals surface area contributed by atoms with Crippen LogP contribution in [0.3, 0.4) is 0 Å². The molecule has 2 nitrogen and oxygen atoms in total. The highest BCUT2D eigenvalue weighted by Gasteiger charge is 2.19. The van der Waals surface area contributed by atoms with Gasteiger partial charge in [0, 0.05) is 5.56 Å². The third-order valence-corrected chi connectivity index (χ3v) is 2.69. The predicted octanol–water partition coefficient (Wildman–Crippen LogP) is 3.03. The molecule has 0 bridgehead atoms. The second-order valence-electron chi connectivity index (χ2n) is 4.22. The molecule has 0 amide bonds. The van der Waals surface area contributed by atoms with Gasteiger partial charge < -0.3 is 10.5 Å². The van der Waals surface area contributed by atoms with E-state index in [4.69, 9.17) is 22.7 Å². The van der Waals surface area contributed by atoms with Crippen molar-refractivity contribution in [1.29, 1.82) is 0 Å². The van der Waals surface area contributed by atoms with E-state index in [9.17, 15) is 4.39 Å². The van der Waals surface area contributed by atoms with Crippen LogP contribution in [0.2, 0.25) is 0 Å². The monoisotopic (exact) mass is 241 g/mol. The van der Waals surface area contributed by atoms with Gasteiger partial charge in [-0.15, -0.1) is 0 Å². The molecule has 0 saturated heterocycles. The first-order valence-electron chi connectivity index (χ1n) is 5.14. The van der Waals surface area contributed by atoms with Gasteiger partial charge in [-0.25, -0.2) is 4.39 Å². The molecule has 0 aliphatic heterocycles. The van der Waals surface area contributed by atoms with Crippen LogP contribution in [0.1, 0.15) is 32.8 Å². The van der Waals surface area contributed by atoms with Crippen molar-refractivity contribution in [3.8, 4) is 5.75 Å². The first-order chi connectivity index (χ1) is 7.35. The average Bonchev–Trinajstić information content (AvgIpc) is 2.20. The summed E-state index contributed by atoms with van der Waals surface area (Å²) in [5.74, 6) is -0.210. The van der Waals surface area contributed by atoms with Crippen molar-refractivity contribution < 1.29 is 9.13 Å². The Morgan fingerprint density at radius 2 is 2.12 bits per heavy atom. The summed E-state index contributed by atoms with van der Waals surface area (Å²) in [5, 5.41) is 0. The highest BCUT2D eigenvalue weighted by Crippen LogP contribution is 2.24. The second-order valence-corrected chi connectivity index (χ2v) is 4.66. The van der Waals surface area contributed by atoms with Crippen molar-refractivity contribution in [2.24, 2.45) is 5.73 Å². The maximum absolute atomic E-state index is 13.6. The molecule has 4 heteroatoms. The topological polar surface area (TPSA) is 35.2 Å². The fourth-order valence-electron chi connectivity index (χ4n) is 1.11. The lowest BCUT2D eigenvalue weighted by atomic mass is 10.1. The lowest BCUT2D eigenvalue weighted by molar-refractivity contribution is 0.0995. The summed E-state index contributed by atoms with van der Waals surface area (Å²) < 4.78 is 19.2. The normalized spacial score (nSPS) is 11.2. The lowest BCUT2D eigenvalue weighted by Crippen LogP contribution is -2.27. The second kappa shape index (κ2) is 4.78. The Morgan fingerprint density at radius 3 is 2.56 bits per heavy atom. The van der Waals surface area contributed by atoms with E-state index in [2.05, 4.69) is 0 Å². The molecule has 0 aliphatic carbocycles. The van der Waals surface area contributed by atoms with E-state index in [-0.39, 0.29) is 16.3 Å². The highest BCUT2D eigenvalue weighted by atomic mass is 32.1. The highest BCUT2D eigenvalue weighted by molar-refractivity contribution is 7.80. The van der Waals surface area contributed by atoms with Gasteiger partial charge in [-0.05, 0) is 38.5 Å². The first kappa shape index (κ1) is 12.9. The molecule has 88 valence electrons. The van der Waals surface area contributed by atoms with Crippen LogP contribution in [-0.2, 0) is 0 Å². The molecule has 16 heavy (non-hydrogen) atoms. The Bertz CT molecular complexity index is 404. The average molecular weight is 241 g/mol. The quantitative estimate of drug-likeness (QED) is 0.823. The number of hydrogen-bond donors (Lipinski definition) is 1. The fourth-order valence-corrected chi connectivity index (χ4v) is 1.23. The van der Waals surface area contributed by atoms with Crippen molar-refractivity contribution >= 4 is 17.2 Å². The number of nitrogens with two attached hydrogens (primary N) is 1. The van der Waals surface area contributed by atoms with E-state index in [1.807, 2.05) is 20.8 Å². The van der Waals surface area contributed by atoms with Crippen molar-refractivity contribution in [3.05, 3.63) is 29.6 Å². The van der Waals surface area contributed by atoms with Gasteiger partial charge in [0.2, 0.25) is 0 Å². The van der Waals surface area contributed by atoms with Crippen LogP contribution in [0.25, 0.3) is 0 Å². The third kappa shape index (κ3) is 3.17. The Morgan fingerprint density at radius 1 is 1.50 bits per heavy atom. The van der Waals surface area contributed by atoms with Crippen molar-refractivity contribution in [2.45, 2.75) is 32.8 Å². The Hall–Kier alpha value is -1.16. The standard InChI is InChI=1S/C12H16FNOS/c1-4-12(2,3)15-10-6-5-8(11(14)16)7-9(10)13/h5-7H,4H2,1-3H3,(H2,14,16). The Kier molecular flexibility index (Phi) is 3.86. The summed E-state index contributed by atoms with van der Waals surface area (Å²) in [4.78, 5) is 0.181. The molecule has 0 atom stereocenters. The van der Waals surface area contributed by atoms with Crippen LogP contribution in [0, 0.1) is 5.82 Å². The van der Waals surface area contributed by atoms with Gasteiger partial charge in [-0.3, -0.25) is 0 Å². The number of thiocarbonyl (C=S) groups is 1. The summed E-state index contributed by atoms with van der Waals surface area (Å²) in [7, 11) is 0. The van der Waals surface area contributed by atoms with E-state index >= 15 is 0 Å². The SMILES string of the molecule is CCC(C)(C)Oc1ccc(C(N)=S)cc1F. The van der Waals surface area contributed by atoms with E-state index in [0.29, 0.717) is 5.56 Å². The van der Waals surface area contributed by atoms with E-state index < -0.39 is 5.82 Å². The minimum absolute atomic E-state index is 0.181. The number of halogens is 1. The summed E-state index contributed by atoms with van der Waals surface area (Å²) in [6.07, 6.45) is 0.795. The summed E-state index contributed by atoms with van der Waals surface area (Å²) in [5.41, 5.74) is 5.54. The molecule has 0 spiro atoms. The van der Waals surface area contributed by atoms with Crippen molar-refractivity contribution in [1.82, 2.24) is 0 Å². The number of hydrogen-bond acceptors (Lipinski definition) is 2. The molecule has 1 rings (SSSR count). The van der Waals surface area contributed by atoms with Crippen LogP contribution in [-0.4, -0.2) is 10.6 Å². The molecule has 1 aromatic rings. The molecule has 1 aromatic carbocycles. The number of benzene rings is 1. The molecule has 0 radical (unpaired) electrons. The zero-order valence-electron chi connectivity index (χ0n) is 9.71. The van der Waals surface area contributed by atoms with Crippen LogP contribution in [0.5, 0.6) is 5.75 Å². The maximum atomic E-state index is 13.6. The molecule has 0 saturated carbocycles.